The summed E-state index contributed by atoms with van der Waals surface area (Å²) in [6.45, 7) is 10.6. The summed E-state index contributed by atoms with van der Waals surface area (Å²) in [5.74, 6) is -0.394. The number of aryl methyl sites for hydroxylation is 1. The van der Waals surface area contributed by atoms with Crippen LogP contribution in [0.4, 0.5) is 4.79 Å². The molecule has 3 heterocycles. The molecule has 0 bridgehead atoms. The second-order valence-corrected chi connectivity index (χ2v) is 18.3. The van der Waals surface area contributed by atoms with Gasteiger partial charge in [-0.15, -0.1) is 0 Å². The minimum absolute atomic E-state index is 0. The molecule has 2 aliphatic rings. The summed E-state index contributed by atoms with van der Waals surface area (Å²) in [6.07, 6.45) is 12.9. The Morgan fingerprint density at radius 2 is 1.63 bits per heavy atom. The minimum atomic E-state index is -1.14. The highest BCUT2D eigenvalue weighted by atomic mass is 16.6. The minimum Gasteiger partial charge on any atom is -0.458 e. The van der Waals surface area contributed by atoms with Crippen LogP contribution in [0.3, 0.4) is 0 Å². The molecule has 5 N–H and O–H groups in total. The zero-order chi connectivity index (χ0) is 43.9. The molecule has 1 aliphatic carbocycles. The summed E-state index contributed by atoms with van der Waals surface area (Å²) < 4.78 is 5.74. The number of aromatic nitrogens is 3. The van der Waals surface area contributed by atoms with E-state index in [1.54, 1.807) is 40.8 Å². The number of likely N-dealkylation sites (tertiary alicyclic amines) is 1. The quantitative estimate of drug-likeness (QED) is 0.0495. The van der Waals surface area contributed by atoms with Crippen molar-refractivity contribution in [3.05, 3.63) is 131 Å². The zero-order valence-corrected chi connectivity index (χ0v) is 36.7. The lowest BCUT2D eigenvalue weighted by atomic mass is 9.74. The molecule has 0 saturated carbocycles. The van der Waals surface area contributed by atoms with Crippen LogP contribution in [0.15, 0.2) is 97.3 Å². The number of fused-ring (bicyclic) bond motifs is 3. The average molecular weight is 844 g/mol. The lowest BCUT2D eigenvalue weighted by Gasteiger charge is -2.39. The molecule has 3 aromatic carbocycles. The van der Waals surface area contributed by atoms with E-state index in [0.717, 1.165) is 34.9 Å². The third kappa shape index (κ3) is 10.5. The van der Waals surface area contributed by atoms with Gasteiger partial charge in [0.1, 0.15) is 17.5 Å². The van der Waals surface area contributed by atoms with E-state index in [9.17, 15) is 19.2 Å². The number of hydrogen-bond acceptors (Lipinski definition) is 6. The molecule has 12 nitrogen and oxygen atoms in total. The Morgan fingerprint density at radius 1 is 0.903 bits per heavy atom. The van der Waals surface area contributed by atoms with Gasteiger partial charge in [-0.1, -0.05) is 84.9 Å². The summed E-state index contributed by atoms with van der Waals surface area (Å²) in [4.78, 5) is 67.6. The third-order valence-electron chi connectivity index (χ3n) is 12.3. The Morgan fingerprint density at radius 3 is 2.40 bits per heavy atom. The van der Waals surface area contributed by atoms with Gasteiger partial charge in [0, 0.05) is 69.7 Å². The van der Waals surface area contributed by atoms with Crippen LogP contribution in [0.25, 0.3) is 17.0 Å². The summed E-state index contributed by atoms with van der Waals surface area (Å²) in [5, 5.41) is 10.3. The number of unbranched alkanes of at least 4 members (excludes halogenated alkanes) is 1. The highest BCUT2D eigenvalue weighted by Gasteiger charge is 2.40. The lowest BCUT2D eigenvalue weighted by molar-refractivity contribution is -0.159. The van der Waals surface area contributed by atoms with E-state index >= 15 is 0 Å². The number of nitrogens with zero attached hydrogens (tertiary/aromatic N) is 2. The van der Waals surface area contributed by atoms with Crippen molar-refractivity contribution in [2.24, 2.45) is 0 Å². The topological polar surface area (TPSA) is 161 Å². The van der Waals surface area contributed by atoms with Crippen LogP contribution in [0.5, 0.6) is 0 Å². The number of aromatic amines is 2. The Balaban J connectivity index is 0.00000385. The zero-order valence-electron chi connectivity index (χ0n) is 36.7. The van der Waals surface area contributed by atoms with Crippen LogP contribution >= 0.6 is 0 Å². The summed E-state index contributed by atoms with van der Waals surface area (Å²) >= 11 is 0. The fourth-order valence-electron chi connectivity index (χ4n) is 8.56. The van der Waals surface area contributed by atoms with Crippen molar-refractivity contribution >= 4 is 40.8 Å². The Bertz CT molecular complexity index is 2400. The van der Waals surface area contributed by atoms with E-state index in [4.69, 9.17) is 9.72 Å². The molecule has 62 heavy (non-hydrogen) atoms. The number of amides is 4. The number of ether oxygens (including phenoxy) is 1. The van der Waals surface area contributed by atoms with Crippen molar-refractivity contribution in [1.82, 2.24) is 35.8 Å². The Labute approximate surface area is 367 Å². The molecule has 2 atom stereocenters. The number of para-hydroxylation sites is 1. The summed E-state index contributed by atoms with van der Waals surface area (Å²) in [7, 11) is 0. The van der Waals surface area contributed by atoms with E-state index in [1.807, 2.05) is 59.6 Å². The Kier molecular flexibility index (Phi) is 13.3. The van der Waals surface area contributed by atoms with Crippen molar-refractivity contribution in [1.29, 1.82) is 0 Å². The SMILES string of the molecule is CC(C)(C)OC(=O)[C@@H](CCCCNC(=O)CCc1ccccc1)NC(=O)C(C)(C)c1cnc([C@@H](Cc2c[nH]c3ccccc23)NC(=O)N2CCC3(C=Cc4ccccc43)CC2)[nH]1.[HH].[HH]. The van der Waals surface area contributed by atoms with Gasteiger partial charge in [0.25, 0.3) is 0 Å². The second-order valence-electron chi connectivity index (χ2n) is 18.3. The molecular weight excluding hydrogens is 779 g/mol. The fraction of sp³-hybridized carbons (Fsp3) is 0.420. The van der Waals surface area contributed by atoms with Gasteiger partial charge in [-0.25, -0.2) is 14.6 Å². The third-order valence-corrected chi connectivity index (χ3v) is 12.3. The summed E-state index contributed by atoms with van der Waals surface area (Å²) in [6, 6.07) is 24.9. The van der Waals surface area contributed by atoms with Crippen LogP contribution in [-0.4, -0.2) is 74.9 Å². The van der Waals surface area contributed by atoms with Gasteiger partial charge in [-0.3, -0.25) is 9.59 Å². The second kappa shape index (κ2) is 18.8. The maximum absolute atomic E-state index is 14.2. The van der Waals surface area contributed by atoms with Gasteiger partial charge in [0.2, 0.25) is 11.8 Å². The Hall–Kier alpha value is -6.17. The molecule has 4 amide bonds. The molecule has 12 heteroatoms. The van der Waals surface area contributed by atoms with Gasteiger partial charge in [0.15, 0.2) is 0 Å². The maximum Gasteiger partial charge on any atom is 0.329 e. The molecule has 1 saturated heterocycles. The van der Waals surface area contributed by atoms with Gasteiger partial charge in [0.05, 0.1) is 11.5 Å². The first kappa shape index (κ1) is 43.9. The molecule has 1 spiro atoms. The molecule has 0 unspecified atom stereocenters. The van der Waals surface area contributed by atoms with Crippen LogP contribution < -0.4 is 16.0 Å². The smallest absolute Gasteiger partial charge is 0.329 e. The van der Waals surface area contributed by atoms with Crippen molar-refractivity contribution in [2.75, 3.05) is 19.6 Å². The van der Waals surface area contributed by atoms with Crippen LogP contribution in [0, 0.1) is 0 Å². The van der Waals surface area contributed by atoms with E-state index in [2.05, 4.69) is 68.4 Å². The van der Waals surface area contributed by atoms with Gasteiger partial charge >= 0.3 is 12.0 Å². The van der Waals surface area contributed by atoms with Gasteiger partial charge < -0.3 is 35.6 Å². The van der Waals surface area contributed by atoms with Crippen molar-refractivity contribution < 1.29 is 26.8 Å². The molecule has 2 aromatic heterocycles. The number of rotatable bonds is 16. The molecule has 7 rings (SSSR count). The number of carbonyl (C=O) groups is 4. The number of H-pyrrole nitrogens is 2. The first-order chi connectivity index (χ1) is 29.7. The monoisotopic (exact) mass is 844 g/mol. The highest BCUT2D eigenvalue weighted by molar-refractivity contribution is 5.91. The van der Waals surface area contributed by atoms with E-state index in [1.165, 1.54) is 11.1 Å². The first-order valence-corrected chi connectivity index (χ1v) is 22.0. The normalized spacial score (nSPS) is 15.5. The molecule has 0 radical (unpaired) electrons. The van der Waals surface area contributed by atoms with Gasteiger partial charge in [-0.2, -0.15) is 0 Å². The number of piperidine rings is 1. The van der Waals surface area contributed by atoms with E-state index in [0.29, 0.717) is 69.7 Å². The number of urea groups is 1. The predicted octanol–water partition coefficient (Wildman–Crippen LogP) is 8.46. The number of nitrogens with one attached hydrogen (secondary N) is 5. The van der Waals surface area contributed by atoms with Crippen LogP contribution in [-0.2, 0) is 42.8 Å². The average Bonchev–Trinajstić information content (AvgIpc) is 4.01. The van der Waals surface area contributed by atoms with Crippen molar-refractivity contribution in [2.45, 2.75) is 114 Å². The highest BCUT2D eigenvalue weighted by Crippen LogP contribution is 2.43. The largest absolute Gasteiger partial charge is 0.458 e. The maximum atomic E-state index is 14.2. The molecule has 330 valence electrons. The number of esters is 1. The molecular formula is C50H65N7O5. The van der Waals surface area contributed by atoms with Crippen LogP contribution in [0.2, 0.25) is 0 Å². The number of hydrogen-bond donors (Lipinski definition) is 5. The molecule has 5 aromatic rings. The predicted molar refractivity (Wildman–Crippen MR) is 246 cm³/mol. The number of imidazole rings is 1. The number of allylic oxidation sites excluding steroid dienone is 1. The number of benzene rings is 3. The lowest BCUT2D eigenvalue weighted by Crippen LogP contribution is -2.50. The molecule has 1 fully saturated rings. The van der Waals surface area contributed by atoms with Gasteiger partial charge in [-0.05, 0) is 101 Å². The first-order valence-electron chi connectivity index (χ1n) is 22.0. The fourth-order valence-corrected chi connectivity index (χ4v) is 8.56. The summed E-state index contributed by atoms with van der Waals surface area (Å²) in [5.41, 5.74) is 4.32. The van der Waals surface area contributed by atoms with Crippen LogP contribution in [0.1, 0.15) is 116 Å². The van der Waals surface area contributed by atoms with E-state index < -0.39 is 29.1 Å². The van der Waals surface area contributed by atoms with E-state index in [-0.39, 0.29) is 26.1 Å². The standard InChI is InChI=1S/C50H61N7O5.2H2/c1-48(2,3)62-45(59)40(21-13-14-28-51-43(58)23-22-34-15-7-6-8-16-34)54-46(60)49(4,5)42-33-53-44(56-42)41(31-36-32-52-39-20-12-10-18-37(36)39)55-47(61)57-29-26-50(27-30-57)25-24-35-17-9-11-19-38(35)50;;/h6-12,15-20,24-25,32-33,40-41,52H,13-14,21-23,26-31H2,1-5H3,(H,51,58)(H,53,56)(H,54,60)(H,55,61);2*1H/t40-,41-;;/m1../s1. The molecule has 1 aliphatic heterocycles. The number of carbonyl (C=O) groups excluding carboxylic acids is 4. The van der Waals surface area contributed by atoms with Crippen molar-refractivity contribution in [3.8, 4) is 0 Å². The van der Waals surface area contributed by atoms with Crippen molar-refractivity contribution in [3.63, 3.8) is 0 Å².